The van der Waals surface area contributed by atoms with E-state index >= 15 is 0 Å². The lowest BCUT2D eigenvalue weighted by molar-refractivity contribution is 0.197. The Balaban J connectivity index is 2.45. The molecule has 1 aromatic heterocycles. The number of aromatic nitrogens is 2. The third-order valence-corrected chi connectivity index (χ3v) is 3.23. The highest BCUT2D eigenvalue weighted by Crippen LogP contribution is 2.31. The Morgan fingerprint density at radius 2 is 1.86 bits per heavy atom. The van der Waals surface area contributed by atoms with Crippen molar-refractivity contribution in [1.29, 1.82) is 0 Å². The molecule has 0 saturated carbocycles. The lowest BCUT2D eigenvalue weighted by Gasteiger charge is -2.19. The molecule has 2 aromatic rings. The normalized spacial score (nSPS) is 12.5. The molecule has 1 N–H and O–H groups in total. The number of hydrogen-bond acceptors (Lipinski definition) is 4. The van der Waals surface area contributed by atoms with Crippen LogP contribution in [0.4, 0.5) is 0 Å². The van der Waals surface area contributed by atoms with Crippen LogP contribution in [0.1, 0.15) is 49.4 Å². The van der Waals surface area contributed by atoms with Crippen molar-refractivity contribution < 1.29 is 9.84 Å². The average Bonchev–Trinajstić information content (AvgIpc) is 2.46. The number of aryl methyl sites for hydroxylation is 2. The Bertz CT molecular complexity index is 611. The lowest BCUT2D eigenvalue weighted by atomic mass is 9.98. The number of hydrogen-bond donors (Lipinski definition) is 1. The van der Waals surface area contributed by atoms with Crippen molar-refractivity contribution in [3.8, 4) is 5.75 Å². The van der Waals surface area contributed by atoms with Gasteiger partial charge >= 0.3 is 0 Å². The van der Waals surface area contributed by atoms with Crippen molar-refractivity contribution in [1.82, 2.24) is 10.2 Å². The molecule has 4 nitrogen and oxygen atoms in total. The molecular weight excluding hydrogens is 264 g/mol. The summed E-state index contributed by atoms with van der Waals surface area (Å²) in [6.45, 7) is 7.82. The van der Waals surface area contributed by atoms with Crippen LogP contribution in [0.25, 0.3) is 0 Å². The molecule has 0 aliphatic rings. The van der Waals surface area contributed by atoms with Crippen molar-refractivity contribution in [2.45, 2.75) is 46.3 Å². The van der Waals surface area contributed by atoms with Crippen molar-refractivity contribution in [2.24, 2.45) is 0 Å². The van der Waals surface area contributed by atoms with E-state index in [2.05, 4.69) is 10.2 Å². The molecule has 0 aliphatic carbocycles. The summed E-state index contributed by atoms with van der Waals surface area (Å²) in [6.07, 6.45) is 0.0257. The van der Waals surface area contributed by atoms with E-state index < -0.39 is 6.10 Å². The third kappa shape index (κ3) is 3.58. The second-order valence-corrected chi connectivity index (χ2v) is 5.35. The van der Waals surface area contributed by atoms with Crippen LogP contribution in [-0.2, 0) is 6.42 Å². The monoisotopic (exact) mass is 286 g/mol. The molecule has 21 heavy (non-hydrogen) atoms. The van der Waals surface area contributed by atoms with Crippen LogP contribution in [-0.4, -0.2) is 21.4 Å². The average molecular weight is 286 g/mol. The number of ether oxygens (including phenoxy) is 1. The van der Waals surface area contributed by atoms with Gasteiger partial charge in [0.05, 0.1) is 17.5 Å². The molecule has 0 fully saturated rings. The van der Waals surface area contributed by atoms with Gasteiger partial charge in [0.1, 0.15) is 11.9 Å². The van der Waals surface area contributed by atoms with Crippen LogP contribution in [0.15, 0.2) is 30.3 Å². The minimum absolute atomic E-state index is 0.0568. The van der Waals surface area contributed by atoms with E-state index in [1.165, 1.54) is 0 Å². The summed E-state index contributed by atoms with van der Waals surface area (Å²) in [5.74, 6) is 0.705. The van der Waals surface area contributed by atoms with Gasteiger partial charge in [-0.25, -0.2) is 0 Å². The molecule has 0 amide bonds. The predicted octanol–water partition coefficient (Wildman–Crippen LogP) is 3.22. The van der Waals surface area contributed by atoms with Gasteiger partial charge in [0, 0.05) is 11.1 Å². The maximum absolute atomic E-state index is 10.8. The summed E-state index contributed by atoms with van der Waals surface area (Å²) < 4.78 is 5.80. The molecule has 112 valence electrons. The van der Waals surface area contributed by atoms with E-state index in [0.29, 0.717) is 5.75 Å². The van der Waals surface area contributed by atoms with Crippen molar-refractivity contribution in [3.05, 3.63) is 52.8 Å². The Labute approximate surface area is 125 Å². The zero-order valence-electron chi connectivity index (χ0n) is 13.0. The van der Waals surface area contributed by atoms with Crippen LogP contribution in [0, 0.1) is 6.92 Å². The molecule has 1 heterocycles. The highest BCUT2D eigenvalue weighted by molar-refractivity contribution is 5.41. The largest absolute Gasteiger partial charge is 0.491 e. The van der Waals surface area contributed by atoms with E-state index in [9.17, 15) is 5.11 Å². The fourth-order valence-corrected chi connectivity index (χ4v) is 2.28. The van der Waals surface area contributed by atoms with E-state index in [-0.39, 0.29) is 6.10 Å². The van der Waals surface area contributed by atoms with Gasteiger partial charge < -0.3 is 9.84 Å². The predicted molar refractivity (Wildman–Crippen MR) is 82.4 cm³/mol. The first-order valence-corrected chi connectivity index (χ1v) is 7.29. The lowest BCUT2D eigenvalue weighted by Crippen LogP contribution is -2.12. The molecule has 1 aromatic carbocycles. The smallest absolute Gasteiger partial charge is 0.125 e. The minimum Gasteiger partial charge on any atom is -0.491 e. The Morgan fingerprint density at radius 3 is 2.52 bits per heavy atom. The molecule has 1 atom stereocenters. The maximum atomic E-state index is 10.8. The van der Waals surface area contributed by atoms with Crippen molar-refractivity contribution in [3.63, 3.8) is 0 Å². The molecule has 0 bridgehead atoms. The first-order chi connectivity index (χ1) is 10.0. The maximum Gasteiger partial charge on any atom is 0.125 e. The first kappa shape index (κ1) is 15.4. The van der Waals surface area contributed by atoms with E-state index in [1.54, 1.807) is 0 Å². The first-order valence-electron chi connectivity index (χ1n) is 7.29. The van der Waals surface area contributed by atoms with Gasteiger partial charge in [-0.3, -0.25) is 0 Å². The van der Waals surface area contributed by atoms with Gasteiger partial charge in [-0.05, 0) is 39.3 Å². The molecule has 0 saturated heterocycles. The number of aliphatic hydroxyl groups excluding tert-OH is 1. The molecule has 2 rings (SSSR count). The number of para-hydroxylation sites is 1. The SMILES string of the molecule is CCc1nnc(C)cc1C(O)c1ccccc1OC(C)C. The number of aliphatic hydroxyl groups is 1. The van der Waals surface area contributed by atoms with Gasteiger partial charge in [-0.1, -0.05) is 25.1 Å². The van der Waals surface area contributed by atoms with Gasteiger partial charge in [-0.2, -0.15) is 10.2 Å². The molecular formula is C17H22N2O2. The fraction of sp³-hybridized carbons (Fsp3) is 0.412. The quantitative estimate of drug-likeness (QED) is 0.917. The standard InChI is InChI=1S/C17H22N2O2/c1-5-15-14(10-12(4)18-19-15)17(20)13-8-6-7-9-16(13)21-11(2)3/h6-11,17,20H,5H2,1-4H3. The number of rotatable bonds is 5. The summed E-state index contributed by atoms with van der Waals surface area (Å²) >= 11 is 0. The van der Waals surface area contributed by atoms with Gasteiger partial charge in [0.2, 0.25) is 0 Å². The minimum atomic E-state index is -0.760. The van der Waals surface area contributed by atoms with E-state index in [1.807, 2.05) is 58.0 Å². The molecule has 0 aliphatic heterocycles. The summed E-state index contributed by atoms with van der Waals surface area (Å²) in [6, 6.07) is 9.47. The fourth-order valence-electron chi connectivity index (χ4n) is 2.28. The second-order valence-electron chi connectivity index (χ2n) is 5.35. The Morgan fingerprint density at radius 1 is 1.14 bits per heavy atom. The van der Waals surface area contributed by atoms with Crippen LogP contribution >= 0.6 is 0 Å². The molecule has 0 spiro atoms. The summed E-state index contributed by atoms with van der Waals surface area (Å²) in [5, 5.41) is 19.0. The Kier molecular flexibility index (Phi) is 4.91. The van der Waals surface area contributed by atoms with Crippen LogP contribution in [0.2, 0.25) is 0 Å². The second kappa shape index (κ2) is 6.68. The van der Waals surface area contributed by atoms with Gasteiger partial charge in [0.25, 0.3) is 0 Å². The highest BCUT2D eigenvalue weighted by atomic mass is 16.5. The molecule has 4 heteroatoms. The van der Waals surface area contributed by atoms with E-state index in [0.717, 1.165) is 28.9 Å². The van der Waals surface area contributed by atoms with Crippen LogP contribution in [0.3, 0.4) is 0 Å². The topological polar surface area (TPSA) is 55.2 Å². The van der Waals surface area contributed by atoms with Gasteiger partial charge in [0.15, 0.2) is 0 Å². The number of nitrogens with zero attached hydrogens (tertiary/aromatic N) is 2. The molecule has 1 unspecified atom stereocenters. The van der Waals surface area contributed by atoms with E-state index in [4.69, 9.17) is 4.74 Å². The van der Waals surface area contributed by atoms with Crippen LogP contribution in [0.5, 0.6) is 5.75 Å². The van der Waals surface area contributed by atoms with Crippen molar-refractivity contribution in [2.75, 3.05) is 0 Å². The summed E-state index contributed by atoms with van der Waals surface area (Å²) in [7, 11) is 0. The Hall–Kier alpha value is -1.94. The zero-order chi connectivity index (χ0) is 15.4. The third-order valence-electron chi connectivity index (χ3n) is 3.23. The van der Waals surface area contributed by atoms with Crippen LogP contribution < -0.4 is 4.74 Å². The van der Waals surface area contributed by atoms with Gasteiger partial charge in [-0.15, -0.1) is 0 Å². The zero-order valence-corrected chi connectivity index (χ0v) is 13.0. The highest BCUT2D eigenvalue weighted by Gasteiger charge is 2.19. The summed E-state index contributed by atoms with van der Waals surface area (Å²) in [4.78, 5) is 0. The summed E-state index contributed by atoms with van der Waals surface area (Å²) in [5.41, 5.74) is 3.16. The van der Waals surface area contributed by atoms with Crippen molar-refractivity contribution >= 4 is 0 Å². The number of benzene rings is 1. The molecule has 0 radical (unpaired) electrons.